The molecule has 0 saturated heterocycles. The fraction of sp³-hybridized carbons (Fsp3) is 0.455. The second kappa shape index (κ2) is 2.95. The van der Waals surface area contributed by atoms with E-state index in [4.69, 9.17) is 0 Å². The van der Waals surface area contributed by atoms with E-state index in [2.05, 4.69) is 16.1 Å². The molecule has 0 aromatic carbocycles. The van der Waals surface area contributed by atoms with E-state index in [1.807, 2.05) is 29.7 Å². The largest absolute Gasteiger partial charge is 0.361 e. The van der Waals surface area contributed by atoms with Crippen molar-refractivity contribution in [1.82, 2.24) is 14.6 Å². The van der Waals surface area contributed by atoms with Crippen LogP contribution in [0.4, 0.5) is 5.82 Å². The lowest BCUT2D eigenvalue weighted by Gasteiger charge is -2.11. The molecule has 4 heteroatoms. The summed E-state index contributed by atoms with van der Waals surface area (Å²) in [5.74, 6) is 1.68. The van der Waals surface area contributed by atoms with Gasteiger partial charge in [0.05, 0.1) is 5.69 Å². The van der Waals surface area contributed by atoms with Crippen molar-refractivity contribution in [2.45, 2.75) is 18.8 Å². The van der Waals surface area contributed by atoms with Crippen LogP contribution in [0.1, 0.15) is 24.5 Å². The van der Waals surface area contributed by atoms with Gasteiger partial charge in [-0.25, -0.2) is 9.50 Å². The first-order valence-electron chi connectivity index (χ1n) is 5.27. The van der Waals surface area contributed by atoms with Crippen LogP contribution in [0, 0.1) is 0 Å². The Morgan fingerprint density at radius 2 is 2.20 bits per heavy atom. The lowest BCUT2D eigenvalue weighted by Crippen LogP contribution is -2.11. The van der Waals surface area contributed by atoms with Crippen molar-refractivity contribution >= 4 is 11.3 Å². The first-order chi connectivity index (χ1) is 7.25. The van der Waals surface area contributed by atoms with Gasteiger partial charge in [-0.3, -0.25) is 0 Å². The molecule has 0 spiro atoms. The van der Waals surface area contributed by atoms with E-state index >= 15 is 0 Å². The third kappa shape index (κ3) is 1.37. The molecule has 0 bridgehead atoms. The third-order valence-corrected chi connectivity index (χ3v) is 2.81. The Bertz CT molecular complexity index is 496. The minimum atomic E-state index is 0.694. The van der Waals surface area contributed by atoms with Crippen molar-refractivity contribution in [2.24, 2.45) is 0 Å². The highest BCUT2D eigenvalue weighted by molar-refractivity contribution is 5.68. The van der Waals surface area contributed by atoms with Crippen LogP contribution in [-0.2, 0) is 0 Å². The summed E-state index contributed by atoms with van der Waals surface area (Å²) in [6.45, 7) is 0. The second-order valence-electron chi connectivity index (χ2n) is 4.32. The maximum absolute atomic E-state index is 4.57. The summed E-state index contributed by atoms with van der Waals surface area (Å²) in [5, 5.41) is 4.57. The summed E-state index contributed by atoms with van der Waals surface area (Å²) in [5.41, 5.74) is 2.32. The summed E-state index contributed by atoms with van der Waals surface area (Å²) in [6, 6.07) is 2.17. The van der Waals surface area contributed by atoms with E-state index in [-0.39, 0.29) is 0 Å². The van der Waals surface area contributed by atoms with E-state index in [9.17, 15) is 0 Å². The monoisotopic (exact) mass is 202 g/mol. The van der Waals surface area contributed by atoms with Crippen molar-refractivity contribution in [3.8, 4) is 0 Å². The lowest BCUT2D eigenvalue weighted by molar-refractivity contribution is 0.880. The van der Waals surface area contributed by atoms with Crippen LogP contribution >= 0.6 is 0 Å². The average molecular weight is 202 g/mol. The highest BCUT2D eigenvalue weighted by Crippen LogP contribution is 2.39. The van der Waals surface area contributed by atoms with Gasteiger partial charge in [-0.05, 0) is 18.9 Å². The molecule has 0 radical (unpaired) electrons. The summed E-state index contributed by atoms with van der Waals surface area (Å²) < 4.78 is 1.93. The third-order valence-electron chi connectivity index (χ3n) is 2.81. The predicted molar refractivity (Wildman–Crippen MR) is 59.3 cm³/mol. The first-order valence-corrected chi connectivity index (χ1v) is 5.27. The number of anilines is 1. The zero-order valence-corrected chi connectivity index (χ0v) is 9.01. The Morgan fingerprint density at radius 3 is 2.87 bits per heavy atom. The summed E-state index contributed by atoms with van der Waals surface area (Å²) in [6.07, 6.45) is 6.28. The van der Waals surface area contributed by atoms with Crippen LogP contribution in [0.15, 0.2) is 18.5 Å². The number of hydrogen-bond donors (Lipinski definition) is 0. The molecule has 1 saturated carbocycles. The van der Waals surface area contributed by atoms with Crippen LogP contribution in [0.5, 0.6) is 0 Å². The smallest absolute Gasteiger partial charge is 0.154 e. The topological polar surface area (TPSA) is 33.4 Å². The number of rotatable bonds is 2. The molecule has 0 N–H and O–H groups in total. The molecule has 2 aromatic heterocycles. The maximum atomic E-state index is 4.57. The van der Waals surface area contributed by atoms with Gasteiger partial charge in [0, 0.05) is 32.4 Å². The molecule has 0 unspecified atom stereocenters. The summed E-state index contributed by atoms with van der Waals surface area (Å²) in [7, 11) is 4.01. The van der Waals surface area contributed by atoms with Gasteiger partial charge < -0.3 is 4.90 Å². The number of nitrogens with zero attached hydrogens (tertiary/aromatic N) is 4. The van der Waals surface area contributed by atoms with Gasteiger partial charge in [0.25, 0.3) is 0 Å². The van der Waals surface area contributed by atoms with E-state index in [0.29, 0.717) is 5.92 Å². The molecule has 1 aliphatic carbocycles. The second-order valence-corrected chi connectivity index (χ2v) is 4.32. The zero-order chi connectivity index (χ0) is 10.4. The molecule has 4 nitrogen and oxygen atoms in total. The van der Waals surface area contributed by atoms with Gasteiger partial charge in [-0.1, -0.05) is 0 Å². The first kappa shape index (κ1) is 8.71. The Morgan fingerprint density at radius 1 is 1.40 bits per heavy atom. The SMILES string of the molecule is CN(C)c1nccn2nc(C3CC3)cc12. The molecule has 0 amide bonds. The molecule has 0 atom stereocenters. The standard InChI is InChI=1S/C11H14N4/c1-14(2)11-10-7-9(8-3-4-8)13-15(10)6-5-12-11/h5-8H,3-4H2,1-2H3. The zero-order valence-electron chi connectivity index (χ0n) is 9.01. The van der Waals surface area contributed by atoms with Gasteiger partial charge in [-0.2, -0.15) is 5.10 Å². The van der Waals surface area contributed by atoms with Crippen molar-refractivity contribution in [3.05, 3.63) is 24.2 Å². The average Bonchev–Trinajstić information content (AvgIpc) is 2.96. The quantitative estimate of drug-likeness (QED) is 0.742. The van der Waals surface area contributed by atoms with Gasteiger partial charge in [0.1, 0.15) is 5.52 Å². The van der Waals surface area contributed by atoms with E-state index in [1.54, 1.807) is 6.20 Å². The molecule has 1 fully saturated rings. The molecule has 2 heterocycles. The highest BCUT2D eigenvalue weighted by Gasteiger charge is 2.26. The molecular formula is C11H14N4. The van der Waals surface area contributed by atoms with Crippen LogP contribution in [0.2, 0.25) is 0 Å². The highest BCUT2D eigenvalue weighted by atomic mass is 15.3. The Labute approximate surface area is 88.5 Å². The number of aromatic nitrogens is 3. The van der Waals surface area contributed by atoms with Gasteiger partial charge in [-0.15, -0.1) is 0 Å². The van der Waals surface area contributed by atoms with Gasteiger partial charge >= 0.3 is 0 Å². The van der Waals surface area contributed by atoms with E-state index < -0.39 is 0 Å². The van der Waals surface area contributed by atoms with E-state index in [1.165, 1.54) is 18.5 Å². The van der Waals surface area contributed by atoms with E-state index in [0.717, 1.165) is 11.3 Å². The Hall–Kier alpha value is -1.58. The molecule has 2 aromatic rings. The van der Waals surface area contributed by atoms with Crippen molar-refractivity contribution < 1.29 is 0 Å². The van der Waals surface area contributed by atoms with Gasteiger partial charge in [0.15, 0.2) is 5.82 Å². The lowest BCUT2D eigenvalue weighted by atomic mass is 10.3. The van der Waals surface area contributed by atoms with Crippen LogP contribution in [0.3, 0.4) is 0 Å². The van der Waals surface area contributed by atoms with Gasteiger partial charge in [0.2, 0.25) is 0 Å². The molecule has 1 aliphatic rings. The summed E-state index contributed by atoms with van der Waals surface area (Å²) in [4.78, 5) is 6.39. The number of hydrogen-bond acceptors (Lipinski definition) is 3. The fourth-order valence-corrected chi connectivity index (χ4v) is 1.85. The minimum Gasteiger partial charge on any atom is -0.361 e. The molecule has 78 valence electrons. The Balaban J connectivity index is 2.19. The van der Waals surface area contributed by atoms with Crippen molar-refractivity contribution in [2.75, 3.05) is 19.0 Å². The van der Waals surface area contributed by atoms with Crippen molar-refractivity contribution in [3.63, 3.8) is 0 Å². The van der Waals surface area contributed by atoms with Crippen LogP contribution in [-0.4, -0.2) is 28.7 Å². The molecule has 3 rings (SSSR count). The maximum Gasteiger partial charge on any atom is 0.154 e. The molecule has 15 heavy (non-hydrogen) atoms. The Kier molecular flexibility index (Phi) is 1.71. The normalized spacial score (nSPS) is 15.9. The predicted octanol–water partition coefficient (Wildman–Crippen LogP) is 1.67. The summed E-state index contributed by atoms with van der Waals surface area (Å²) >= 11 is 0. The molecular weight excluding hydrogens is 188 g/mol. The van der Waals surface area contributed by atoms with Crippen LogP contribution < -0.4 is 4.90 Å². The van der Waals surface area contributed by atoms with Crippen molar-refractivity contribution in [1.29, 1.82) is 0 Å². The number of fused-ring (bicyclic) bond motifs is 1. The minimum absolute atomic E-state index is 0.694. The fourth-order valence-electron chi connectivity index (χ4n) is 1.85. The van der Waals surface area contributed by atoms with Crippen LogP contribution in [0.25, 0.3) is 5.52 Å². The molecule has 0 aliphatic heterocycles.